The van der Waals surface area contributed by atoms with Gasteiger partial charge < -0.3 is 15.0 Å². The molecule has 3 aromatic carbocycles. The summed E-state index contributed by atoms with van der Waals surface area (Å²) in [6.45, 7) is 4.50. The van der Waals surface area contributed by atoms with E-state index >= 15 is 0 Å². The van der Waals surface area contributed by atoms with Crippen LogP contribution in [0.1, 0.15) is 57.8 Å². The maximum Gasteiger partial charge on any atom is 0.254 e. The number of morpholine rings is 1. The Kier molecular flexibility index (Phi) is 5.86. The summed E-state index contributed by atoms with van der Waals surface area (Å²) < 4.78 is 5.35. The Morgan fingerprint density at radius 3 is 2.18 bits per heavy atom. The molecule has 1 saturated heterocycles. The van der Waals surface area contributed by atoms with Gasteiger partial charge in [0.2, 0.25) is 5.91 Å². The molecule has 2 heterocycles. The number of hydrogen-bond donors (Lipinski definition) is 1. The summed E-state index contributed by atoms with van der Waals surface area (Å²) >= 11 is 1.43. The zero-order valence-corrected chi connectivity index (χ0v) is 22.5. The highest BCUT2D eigenvalue weighted by atomic mass is 32.1. The monoisotopic (exact) mass is 535 g/mol. The second kappa shape index (κ2) is 9.43. The van der Waals surface area contributed by atoms with E-state index in [1.165, 1.54) is 33.6 Å². The molecule has 7 heteroatoms. The Morgan fingerprint density at radius 1 is 0.923 bits per heavy atom. The van der Waals surface area contributed by atoms with Gasteiger partial charge in [0.05, 0.1) is 24.3 Å². The van der Waals surface area contributed by atoms with Crippen LogP contribution in [-0.2, 0) is 9.53 Å². The first-order valence-electron chi connectivity index (χ1n) is 13.4. The number of rotatable bonds is 4. The van der Waals surface area contributed by atoms with Gasteiger partial charge in [0.1, 0.15) is 0 Å². The van der Waals surface area contributed by atoms with E-state index in [0.29, 0.717) is 37.0 Å². The normalized spacial score (nSPS) is 23.2. The number of hydrogen-bond acceptors (Lipinski definition) is 5. The molecule has 3 aliphatic carbocycles. The van der Waals surface area contributed by atoms with Crippen LogP contribution >= 0.6 is 11.3 Å². The number of benzene rings is 3. The van der Waals surface area contributed by atoms with Gasteiger partial charge in [-0.25, -0.2) is 4.98 Å². The maximum absolute atomic E-state index is 13.9. The van der Waals surface area contributed by atoms with Crippen molar-refractivity contribution in [2.24, 2.45) is 5.41 Å². The zero-order chi connectivity index (χ0) is 26.6. The lowest BCUT2D eigenvalue weighted by Crippen LogP contribution is -2.47. The highest BCUT2D eigenvalue weighted by Crippen LogP contribution is 2.61. The molecule has 0 radical (unpaired) electrons. The molecule has 1 aliphatic heterocycles. The van der Waals surface area contributed by atoms with Gasteiger partial charge in [-0.15, -0.1) is 11.3 Å². The number of nitrogens with zero attached hydrogens (tertiary/aromatic N) is 2. The number of thiazole rings is 1. The highest BCUT2D eigenvalue weighted by Gasteiger charge is 2.54. The zero-order valence-electron chi connectivity index (χ0n) is 21.7. The van der Waals surface area contributed by atoms with Crippen LogP contribution < -0.4 is 5.32 Å². The Bertz CT molecular complexity index is 1530. The molecule has 0 saturated carbocycles. The van der Waals surface area contributed by atoms with Crippen LogP contribution in [0.3, 0.4) is 0 Å². The van der Waals surface area contributed by atoms with Crippen LogP contribution in [0.2, 0.25) is 0 Å². The molecule has 4 aliphatic rings. The molecular weight excluding hydrogens is 506 g/mol. The predicted molar refractivity (Wildman–Crippen MR) is 152 cm³/mol. The predicted octanol–water partition coefficient (Wildman–Crippen LogP) is 5.91. The van der Waals surface area contributed by atoms with E-state index in [1.54, 1.807) is 0 Å². The summed E-state index contributed by atoms with van der Waals surface area (Å²) in [6, 6.07) is 24.7. The van der Waals surface area contributed by atoms with Gasteiger partial charge in [-0.2, -0.15) is 0 Å². The van der Waals surface area contributed by atoms with Crippen molar-refractivity contribution in [1.82, 2.24) is 9.88 Å². The van der Waals surface area contributed by atoms with Crippen molar-refractivity contribution in [3.63, 3.8) is 0 Å². The van der Waals surface area contributed by atoms with E-state index in [2.05, 4.69) is 60.8 Å². The number of ether oxygens (including phenoxy) is 1. The number of carbonyl (C=O) groups is 2. The summed E-state index contributed by atoms with van der Waals surface area (Å²) in [5.41, 5.74) is 6.99. The molecule has 1 aromatic heterocycles. The number of carbonyl (C=O) groups excluding carboxylic acids is 2. The van der Waals surface area contributed by atoms with E-state index in [0.717, 1.165) is 17.7 Å². The van der Waals surface area contributed by atoms with Crippen molar-refractivity contribution in [2.75, 3.05) is 31.6 Å². The quantitative estimate of drug-likeness (QED) is 0.353. The van der Waals surface area contributed by atoms with Crippen molar-refractivity contribution in [3.05, 3.63) is 106 Å². The second-order valence-corrected chi connectivity index (χ2v) is 11.7. The summed E-state index contributed by atoms with van der Waals surface area (Å²) in [5.74, 6) is 0.248. The molecule has 0 spiro atoms. The third kappa shape index (κ3) is 3.99. The number of aromatic nitrogens is 1. The molecule has 4 aromatic rings. The van der Waals surface area contributed by atoms with Gasteiger partial charge in [0.15, 0.2) is 5.13 Å². The van der Waals surface area contributed by atoms with Gasteiger partial charge in [-0.3, -0.25) is 9.59 Å². The van der Waals surface area contributed by atoms with Crippen molar-refractivity contribution in [3.8, 4) is 11.3 Å². The average Bonchev–Trinajstić information content (AvgIpc) is 3.46. The van der Waals surface area contributed by atoms with Gasteiger partial charge in [0.25, 0.3) is 5.91 Å². The fraction of sp³-hybridized carbons (Fsp3) is 0.281. The molecule has 1 N–H and O–H groups in total. The van der Waals surface area contributed by atoms with Crippen LogP contribution in [0, 0.1) is 5.41 Å². The van der Waals surface area contributed by atoms with E-state index < -0.39 is 5.41 Å². The molecule has 1 fully saturated rings. The smallest absolute Gasteiger partial charge is 0.254 e. The third-order valence-electron chi connectivity index (χ3n) is 8.60. The van der Waals surface area contributed by atoms with E-state index in [-0.39, 0.29) is 23.7 Å². The van der Waals surface area contributed by atoms with E-state index in [9.17, 15) is 9.59 Å². The molecule has 196 valence electrons. The Labute approximate surface area is 231 Å². The molecule has 2 bridgehead atoms. The van der Waals surface area contributed by atoms with Crippen LogP contribution in [-0.4, -0.2) is 48.0 Å². The fourth-order valence-corrected chi connectivity index (χ4v) is 7.34. The minimum absolute atomic E-state index is 0.00544. The molecule has 6 nitrogen and oxygen atoms in total. The van der Waals surface area contributed by atoms with Crippen molar-refractivity contribution in [1.29, 1.82) is 0 Å². The molecule has 1 atom stereocenters. The summed E-state index contributed by atoms with van der Waals surface area (Å²) in [4.78, 5) is 33.2. The number of anilines is 1. The topological polar surface area (TPSA) is 71.5 Å². The maximum atomic E-state index is 13.9. The van der Waals surface area contributed by atoms with Gasteiger partial charge >= 0.3 is 0 Å². The van der Waals surface area contributed by atoms with Crippen molar-refractivity contribution >= 4 is 28.3 Å². The van der Waals surface area contributed by atoms with Crippen LogP contribution in [0.4, 0.5) is 5.13 Å². The summed E-state index contributed by atoms with van der Waals surface area (Å²) in [5, 5.41) is 5.70. The Balaban J connectivity index is 1.11. The largest absolute Gasteiger partial charge is 0.378 e. The van der Waals surface area contributed by atoms with E-state index in [4.69, 9.17) is 9.72 Å². The Hall–Kier alpha value is -3.81. The van der Waals surface area contributed by atoms with Crippen LogP contribution in [0.25, 0.3) is 11.3 Å². The van der Waals surface area contributed by atoms with Gasteiger partial charge in [-0.1, -0.05) is 60.7 Å². The van der Waals surface area contributed by atoms with Gasteiger partial charge in [-0.05, 0) is 47.7 Å². The number of fused-ring (bicyclic) bond motifs is 1. The second-order valence-electron chi connectivity index (χ2n) is 10.8. The fourth-order valence-electron chi connectivity index (χ4n) is 6.63. The first-order valence-corrected chi connectivity index (χ1v) is 14.3. The van der Waals surface area contributed by atoms with Crippen LogP contribution in [0.5, 0.6) is 0 Å². The highest BCUT2D eigenvalue weighted by molar-refractivity contribution is 7.14. The minimum Gasteiger partial charge on any atom is -0.378 e. The average molecular weight is 536 g/mol. The minimum atomic E-state index is -0.583. The summed E-state index contributed by atoms with van der Waals surface area (Å²) in [7, 11) is 0. The summed E-state index contributed by atoms with van der Waals surface area (Å²) in [6.07, 6.45) is 0.772. The van der Waals surface area contributed by atoms with Crippen molar-refractivity contribution in [2.45, 2.75) is 25.2 Å². The lowest BCUT2D eigenvalue weighted by atomic mass is 9.52. The lowest BCUT2D eigenvalue weighted by Gasteiger charge is -2.50. The molecular formula is C32H29N3O3S. The molecule has 8 rings (SSSR count). The molecule has 39 heavy (non-hydrogen) atoms. The standard InChI is InChI=1S/C32H29N3O3S/c1-32(18-26-22-6-2-4-8-24(22)28(32)25-9-5-3-7-23(25)26)30(37)34-31-33-27(19-39-31)20-10-12-21(13-11-20)29(36)35-14-16-38-17-15-35/h2-13,19,26,28H,14-18H2,1H3,(H,33,34,37). The van der Waals surface area contributed by atoms with Crippen molar-refractivity contribution < 1.29 is 14.3 Å². The van der Waals surface area contributed by atoms with Crippen LogP contribution in [0.15, 0.2) is 78.2 Å². The third-order valence-corrected chi connectivity index (χ3v) is 9.36. The van der Waals surface area contributed by atoms with Gasteiger partial charge in [0, 0.05) is 41.4 Å². The lowest BCUT2D eigenvalue weighted by molar-refractivity contribution is -0.126. The first-order chi connectivity index (χ1) is 19.0. The van der Waals surface area contributed by atoms with E-state index in [1.807, 2.05) is 34.5 Å². The molecule has 2 amide bonds. The Morgan fingerprint density at radius 2 is 1.54 bits per heavy atom. The first kappa shape index (κ1) is 24.2. The SMILES string of the molecule is CC1(C(=O)Nc2nc(-c3ccc(C(=O)N4CCOCC4)cc3)cs2)CC2c3ccccc3C1c1ccccc12. The number of amides is 2. The molecule has 1 unspecified atom stereocenters. The number of nitrogens with one attached hydrogen (secondary N) is 1.